The Morgan fingerprint density at radius 2 is 1.11 bits per heavy atom. The molecule has 1 nitrogen and oxygen atoms in total. The Kier molecular flexibility index (Phi) is 16.9. The van der Waals surface area contributed by atoms with E-state index in [1.807, 2.05) is 12.2 Å². The molecule has 0 aliphatic carbocycles. The highest BCUT2D eigenvalue weighted by Gasteiger charge is 1.91. The molecule has 0 aromatic heterocycles. The van der Waals surface area contributed by atoms with Crippen molar-refractivity contribution in [2.75, 3.05) is 6.61 Å². The summed E-state index contributed by atoms with van der Waals surface area (Å²) in [4.78, 5) is 0. The van der Waals surface area contributed by atoms with Crippen LogP contribution < -0.4 is 0 Å². The van der Waals surface area contributed by atoms with Crippen LogP contribution in [0.15, 0.2) is 24.3 Å². The molecule has 0 aromatic rings. The first-order valence-corrected chi connectivity index (χ1v) is 8.34. The van der Waals surface area contributed by atoms with Gasteiger partial charge in [0.25, 0.3) is 0 Å². The Balaban J connectivity index is 3.06. The van der Waals surface area contributed by atoms with E-state index in [4.69, 9.17) is 5.11 Å². The van der Waals surface area contributed by atoms with Crippen molar-refractivity contribution in [3.63, 3.8) is 0 Å². The maximum atomic E-state index is 8.59. The van der Waals surface area contributed by atoms with Crippen molar-refractivity contribution in [3.05, 3.63) is 24.3 Å². The number of aliphatic hydroxyl groups is 1. The van der Waals surface area contributed by atoms with Crippen LogP contribution in [-0.4, -0.2) is 11.7 Å². The van der Waals surface area contributed by atoms with E-state index in [-0.39, 0.29) is 6.61 Å². The van der Waals surface area contributed by atoms with Gasteiger partial charge >= 0.3 is 0 Å². The number of aliphatic hydroxyl groups excluding tert-OH is 1. The van der Waals surface area contributed by atoms with E-state index in [0.717, 1.165) is 6.42 Å². The molecule has 0 bridgehead atoms. The quantitative estimate of drug-likeness (QED) is 0.311. The topological polar surface area (TPSA) is 20.2 Å². The van der Waals surface area contributed by atoms with Gasteiger partial charge in [-0.3, -0.25) is 0 Å². The largest absolute Gasteiger partial charge is 0.396 e. The number of rotatable bonds is 14. The zero-order valence-corrected chi connectivity index (χ0v) is 12.9. The van der Waals surface area contributed by atoms with Crippen molar-refractivity contribution in [1.29, 1.82) is 0 Å². The van der Waals surface area contributed by atoms with E-state index in [1.54, 1.807) is 0 Å². The molecule has 0 atom stereocenters. The van der Waals surface area contributed by atoms with Crippen molar-refractivity contribution in [2.24, 2.45) is 0 Å². The van der Waals surface area contributed by atoms with Crippen LogP contribution in [0, 0.1) is 0 Å². The average molecular weight is 266 g/mol. The molecular formula is C18H34O. The number of hydrogen-bond donors (Lipinski definition) is 1. The second-order valence-electron chi connectivity index (χ2n) is 5.34. The van der Waals surface area contributed by atoms with Gasteiger partial charge in [-0.1, -0.05) is 89.0 Å². The van der Waals surface area contributed by atoms with Crippen LogP contribution in [0.2, 0.25) is 0 Å². The van der Waals surface area contributed by atoms with E-state index in [0.29, 0.717) is 0 Å². The molecule has 0 aromatic carbocycles. The van der Waals surface area contributed by atoms with E-state index < -0.39 is 0 Å². The predicted molar refractivity (Wildman–Crippen MR) is 86.4 cm³/mol. The minimum atomic E-state index is 0.253. The van der Waals surface area contributed by atoms with Crippen LogP contribution in [0.5, 0.6) is 0 Å². The standard InChI is InChI=1S/C18H34O/c1-2-3-4-5-6-7-8-9-10-11-12-13-14-15-16-17-18-19/h13-16,19H,2-12,17-18H2,1H3. The molecule has 1 N–H and O–H groups in total. The van der Waals surface area contributed by atoms with E-state index in [9.17, 15) is 0 Å². The SMILES string of the molecule is CCCCCCCCCCCCC=CC=CCCO. The summed E-state index contributed by atoms with van der Waals surface area (Å²) in [5.74, 6) is 0. The lowest BCUT2D eigenvalue weighted by molar-refractivity contribution is 0.302. The molecule has 0 heterocycles. The van der Waals surface area contributed by atoms with Crippen molar-refractivity contribution in [1.82, 2.24) is 0 Å². The molecule has 0 rings (SSSR count). The third-order valence-corrected chi connectivity index (χ3v) is 3.40. The van der Waals surface area contributed by atoms with Gasteiger partial charge in [0.05, 0.1) is 0 Å². The van der Waals surface area contributed by atoms with Crippen LogP contribution in [0.1, 0.15) is 84.0 Å². The van der Waals surface area contributed by atoms with Crippen molar-refractivity contribution >= 4 is 0 Å². The first-order chi connectivity index (χ1) is 9.41. The second kappa shape index (κ2) is 17.4. The summed E-state index contributed by atoms with van der Waals surface area (Å²) in [5.41, 5.74) is 0. The van der Waals surface area contributed by atoms with E-state index in [1.165, 1.54) is 70.6 Å². The summed E-state index contributed by atoms with van der Waals surface area (Å²) >= 11 is 0. The van der Waals surface area contributed by atoms with Gasteiger partial charge in [-0.15, -0.1) is 0 Å². The second-order valence-corrected chi connectivity index (χ2v) is 5.34. The van der Waals surface area contributed by atoms with Gasteiger partial charge in [0, 0.05) is 6.61 Å². The summed E-state index contributed by atoms with van der Waals surface area (Å²) in [7, 11) is 0. The Morgan fingerprint density at radius 3 is 1.63 bits per heavy atom. The zero-order valence-electron chi connectivity index (χ0n) is 12.9. The first-order valence-electron chi connectivity index (χ1n) is 8.34. The summed E-state index contributed by atoms with van der Waals surface area (Å²) in [6, 6.07) is 0. The summed E-state index contributed by atoms with van der Waals surface area (Å²) in [5, 5.41) is 8.59. The van der Waals surface area contributed by atoms with Crippen LogP contribution in [0.4, 0.5) is 0 Å². The molecule has 0 saturated carbocycles. The van der Waals surface area contributed by atoms with Crippen molar-refractivity contribution < 1.29 is 5.11 Å². The van der Waals surface area contributed by atoms with E-state index >= 15 is 0 Å². The smallest absolute Gasteiger partial charge is 0.0465 e. The highest BCUT2D eigenvalue weighted by atomic mass is 16.2. The molecule has 0 unspecified atom stereocenters. The Hall–Kier alpha value is -0.560. The van der Waals surface area contributed by atoms with Crippen LogP contribution in [0.25, 0.3) is 0 Å². The maximum Gasteiger partial charge on any atom is 0.0465 e. The third kappa shape index (κ3) is 17.4. The third-order valence-electron chi connectivity index (χ3n) is 3.40. The maximum absolute atomic E-state index is 8.59. The predicted octanol–water partition coefficient (Wildman–Crippen LogP) is 5.79. The fourth-order valence-electron chi connectivity index (χ4n) is 2.17. The Labute approximate surface area is 120 Å². The van der Waals surface area contributed by atoms with Gasteiger partial charge in [0.15, 0.2) is 0 Å². The fraction of sp³-hybridized carbons (Fsp3) is 0.778. The van der Waals surface area contributed by atoms with Gasteiger partial charge in [-0.25, -0.2) is 0 Å². The lowest BCUT2D eigenvalue weighted by Gasteiger charge is -2.01. The number of unbranched alkanes of at least 4 members (excludes halogenated alkanes) is 10. The zero-order chi connectivity index (χ0) is 14.0. The lowest BCUT2D eigenvalue weighted by Crippen LogP contribution is -1.81. The molecule has 0 radical (unpaired) electrons. The molecule has 0 aliphatic heterocycles. The van der Waals surface area contributed by atoms with Gasteiger partial charge in [0.2, 0.25) is 0 Å². The highest BCUT2D eigenvalue weighted by molar-refractivity contribution is 5.02. The van der Waals surface area contributed by atoms with Gasteiger partial charge < -0.3 is 5.11 Å². The first kappa shape index (κ1) is 18.4. The molecular weight excluding hydrogens is 232 g/mol. The normalized spacial score (nSPS) is 11.9. The average Bonchev–Trinajstić information content (AvgIpc) is 2.43. The molecule has 0 spiro atoms. The summed E-state index contributed by atoms with van der Waals surface area (Å²) < 4.78 is 0. The van der Waals surface area contributed by atoms with E-state index in [2.05, 4.69) is 19.1 Å². The molecule has 112 valence electrons. The van der Waals surface area contributed by atoms with Gasteiger partial charge in [-0.2, -0.15) is 0 Å². The fourth-order valence-corrected chi connectivity index (χ4v) is 2.17. The van der Waals surface area contributed by atoms with Crippen LogP contribution in [0.3, 0.4) is 0 Å². The van der Waals surface area contributed by atoms with Crippen LogP contribution in [-0.2, 0) is 0 Å². The summed E-state index contributed by atoms with van der Waals surface area (Å²) in [6.45, 7) is 2.53. The molecule has 0 aliphatic rings. The molecule has 1 heteroatoms. The number of allylic oxidation sites excluding steroid dienone is 3. The molecule has 0 amide bonds. The van der Waals surface area contributed by atoms with Crippen molar-refractivity contribution in [2.45, 2.75) is 84.0 Å². The lowest BCUT2D eigenvalue weighted by atomic mass is 10.1. The minimum absolute atomic E-state index is 0.253. The summed E-state index contributed by atoms with van der Waals surface area (Å²) in [6.07, 6.45) is 24.4. The molecule has 19 heavy (non-hydrogen) atoms. The van der Waals surface area contributed by atoms with Gasteiger partial charge in [-0.05, 0) is 19.3 Å². The van der Waals surface area contributed by atoms with Crippen molar-refractivity contribution in [3.8, 4) is 0 Å². The molecule has 0 fully saturated rings. The van der Waals surface area contributed by atoms with Gasteiger partial charge in [0.1, 0.15) is 0 Å². The minimum Gasteiger partial charge on any atom is -0.396 e. The number of hydrogen-bond acceptors (Lipinski definition) is 1. The highest BCUT2D eigenvalue weighted by Crippen LogP contribution is 2.11. The van der Waals surface area contributed by atoms with Crippen LogP contribution >= 0.6 is 0 Å². The monoisotopic (exact) mass is 266 g/mol. The molecule has 0 saturated heterocycles. The Bertz CT molecular complexity index is 206. The Morgan fingerprint density at radius 1 is 0.632 bits per heavy atom.